The van der Waals surface area contributed by atoms with Gasteiger partial charge in [-0.25, -0.2) is 0 Å². The number of nitrogens with zero attached hydrogens (tertiary/aromatic N) is 4. The van der Waals surface area contributed by atoms with Gasteiger partial charge in [-0.15, -0.1) is 0 Å². The highest BCUT2D eigenvalue weighted by molar-refractivity contribution is 7.71. The van der Waals surface area contributed by atoms with E-state index in [0.29, 0.717) is 11.4 Å². The van der Waals surface area contributed by atoms with E-state index in [4.69, 9.17) is 12.2 Å². The average Bonchev–Trinajstić information content (AvgIpc) is 2.92. The van der Waals surface area contributed by atoms with Crippen molar-refractivity contribution in [3.05, 3.63) is 70.0 Å². The second-order valence-corrected chi connectivity index (χ2v) is 6.53. The molecule has 0 amide bonds. The Hall–Kier alpha value is -2.31. The van der Waals surface area contributed by atoms with E-state index in [0.717, 1.165) is 12.2 Å². The van der Waals surface area contributed by atoms with Gasteiger partial charge in [-0.1, -0.05) is 42.5 Å². The Morgan fingerprint density at radius 1 is 1.00 bits per heavy atom. The van der Waals surface area contributed by atoms with Crippen molar-refractivity contribution in [2.75, 3.05) is 7.05 Å². The van der Waals surface area contributed by atoms with E-state index in [2.05, 4.69) is 61.7 Å². The van der Waals surface area contributed by atoms with E-state index in [1.165, 1.54) is 21.6 Å². The Bertz CT molecular complexity index is 882. The highest BCUT2D eigenvalue weighted by atomic mass is 32.1. The molecule has 0 spiro atoms. The lowest BCUT2D eigenvalue weighted by molar-refractivity contribution is -0.917. The molecule has 24 heavy (non-hydrogen) atoms. The van der Waals surface area contributed by atoms with Crippen molar-refractivity contribution in [3.8, 4) is 5.69 Å². The van der Waals surface area contributed by atoms with Crippen LogP contribution in [0.25, 0.3) is 5.69 Å². The topological polar surface area (TPSA) is 40.1 Å². The summed E-state index contributed by atoms with van der Waals surface area (Å²) in [4.78, 5) is 1.30. The molecular weight excluding hydrogens is 318 g/mol. The van der Waals surface area contributed by atoms with Crippen LogP contribution in [0, 0.1) is 18.6 Å². The molecular formula is C18H22N5S+. The van der Waals surface area contributed by atoms with Gasteiger partial charge in [-0.3, -0.25) is 0 Å². The van der Waals surface area contributed by atoms with Crippen molar-refractivity contribution in [2.45, 2.75) is 27.1 Å². The van der Waals surface area contributed by atoms with Crippen LogP contribution in [0.1, 0.15) is 16.7 Å². The Balaban J connectivity index is 1.80. The van der Waals surface area contributed by atoms with Crippen LogP contribution in [0.3, 0.4) is 0 Å². The number of aryl methyl sites for hydroxylation is 1. The summed E-state index contributed by atoms with van der Waals surface area (Å²) in [6, 6.07) is 16.6. The molecule has 0 saturated heterocycles. The molecule has 124 valence electrons. The van der Waals surface area contributed by atoms with Gasteiger partial charge in [0.15, 0.2) is 6.67 Å². The fourth-order valence-corrected chi connectivity index (χ4v) is 2.98. The molecule has 3 aromatic rings. The number of quaternary nitrogens is 1. The lowest BCUT2D eigenvalue weighted by Crippen LogP contribution is -3.07. The minimum Gasteiger partial charge on any atom is -0.315 e. The number of hydrogen-bond donors (Lipinski definition) is 1. The summed E-state index contributed by atoms with van der Waals surface area (Å²) < 4.78 is 4.15. The zero-order valence-electron chi connectivity index (χ0n) is 14.2. The Morgan fingerprint density at radius 2 is 1.75 bits per heavy atom. The van der Waals surface area contributed by atoms with E-state index in [-0.39, 0.29) is 0 Å². The van der Waals surface area contributed by atoms with Crippen LogP contribution in [0.4, 0.5) is 0 Å². The van der Waals surface area contributed by atoms with E-state index >= 15 is 0 Å². The van der Waals surface area contributed by atoms with Gasteiger partial charge in [0.2, 0.25) is 4.77 Å². The molecule has 3 rings (SSSR count). The molecule has 0 aliphatic carbocycles. The summed E-state index contributed by atoms with van der Waals surface area (Å²) in [6.45, 7) is 5.76. The molecule has 5 nitrogen and oxygen atoms in total. The first-order valence-electron chi connectivity index (χ1n) is 8.01. The summed E-state index contributed by atoms with van der Waals surface area (Å²) >= 11 is 5.58. The Morgan fingerprint density at radius 3 is 2.50 bits per heavy atom. The summed E-state index contributed by atoms with van der Waals surface area (Å²) in [7, 11) is 2.13. The number of hydrogen-bond acceptors (Lipinski definition) is 3. The molecule has 2 aromatic carbocycles. The highest BCUT2D eigenvalue weighted by Crippen LogP contribution is 2.16. The van der Waals surface area contributed by atoms with Crippen LogP contribution in [0.5, 0.6) is 0 Å². The maximum Gasteiger partial charge on any atom is 0.225 e. The number of tetrazole rings is 1. The molecule has 0 radical (unpaired) electrons. The van der Waals surface area contributed by atoms with E-state index < -0.39 is 0 Å². The second-order valence-electron chi connectivity index (χ2n) is 6.17. The third-order valence-electron chi connectivity index (χ3n) is 4.21. The standard InChI is InChI=1S/C18H21N5S/c1-14-8-7-11-17(15(14)2)23-18(24)22(19-20-23)13-21(3)12-16-9-5-4-6-10-16/h4-11H,12-13H2,1-3H3/p+1. The van der Waals surface area contributed by atoms with Gasteiger partial charge in [-0.2, -0.15) is 9.36 Å². The van der Waals surface area contributed by atoms with Gasteiger partial charge in [0.1, 0.15) is 6.54 Å². The Labute approximate surface area is 147 Å². The SMILES string of the molecule is Cc1cccc(-n2nnn(C[NH+](C)Cc3ccccc3)c2=S)c1C. The van der Waals surface area contributed by atoms with Crippen LogP contribution in [0.15, 0.2) is 48.5 Å². The molecule has 1 heterocycles. The molecule has 0 fully saturated rings. The minimum absolute atomic E-state index is 0.621. The normalized spacial score (nSPS) is 12.3. The molecule has 0 bridgehead atoms. The first-order chi connectivity index (χ1) is 11.6. The quantitative estimate of drug-likeness (QED) is 0.723. The van der Waals surface area contributed by atoms with Crippen LogP contribution in [-0.4, -0.2) is 26.8 Å². The molecule has 1 unspecified atom stereocenters. The van der Waals surface area contributed by atoms with Gasteiger partial charge < -0.3 is 4.90 Å². The van der Waals surface area contributed by atoms with Gasteiger partial charge in [0.05, 0.1) is 12.7 Å². The number of benzene rings is 2. The van der Waals surface area contributed by atoms with Crippen LogP contribution in [0.2, 0.25) is 0 Å². The van der Waals surface area contributed by atoms with E-state index in [9.17, 15) is 0 Å². The zero-order chi connectivity index (χ0) is 17.1. The molecule has 0 aliphatic rings. The number of nitrogens with one attached hydrogen (secondary N) is 1. The molecule has 6 heteroatoms. The van der Waals surface area contributed by atoms with Crippen LogP contribution >= 0.6 is 12.2 Å². The van der Waals surface area contributed by atoms with Crippen molar-refractivity contribution in [1.29, 1.82) is 0 Å². The largest absolute Gasteiger partial charge is 0.315 e. The lowest BCUT2D eigenvalue weighted by atomic mass is 10.1. The van der Waals surface area contributed by atoms with Crippen LogP contribution < -0.4 is 4.90 Å². The Kier molecular flexibility index (Phi) is 4.87. The third-order valence-corrected chi connectivity index (χ3v) is 4.60. The zero-order valence-corrected chi connectivity index (χ0v) is 15.0. The minimum atomic E-state index is 0.621. The van der Waals surface area contributed by atoms with E-state index in [1.807, 2.05) is 18.2 Å². The van der Waals surface area contributed by atoms with Crippen molar-refractivity contribution in [2.24, 2.45) is 0 Å². The third kappa shape index (κ3) is 3.44. The van der Waals surface area contributed by atoms with Gasteiger partial charge >= 0.3 is 0 Å². The van der Waals surface area contributed by atoms with Crippen LogP contribution in [-0.2, 0) is 13.2 Å². The highest BCUT2D eigenvalue weighted by Gasteiger charge is 2.12. The van der Waals surface area contributed by atoms with Crippen molar-refractivity contribution < 1.29 is 4.90 Å². The van der Waals surface area contributed by atoms with Gasteiger partial charge in [0, 0.05) is 5.56 Å². The summed E-state index contributed by atoms with van der Waals surface area (Å²) in [6.07, 6.45) is 0. The van der Waals surface area contributed by atoms with E-state index in [1.54, 1.807) is 9.36 Å². The van der Waals surface area contributed by atoms with Crippen molar-refractivity contribution in [1.82, 2.24) is 19.8 Å². The lowest BCUT2D eigenvalue weighted by Gasteiger charge is -2.13. The predicted molar refractivity (Wildman–Crippen MR) is 96.7 cm³/mol. The average molecular weight is 340 g/mol. The maximum absolute atomic E-state index is 5.58. The monoisotopic (exact) mass is 340 g/mol. The summed E-state index contributed by atoms with van der Waals surface area (Å²) in [5.74, 6) is 0. The summed E-state index contributed by atoms with van der Waals surface area (Å²) in [5, 5.41) is 8.51. The fourth-order valence-electron chi connectivity index (χ4n) is 2.75. The first kappa shape index (κ1) is 16.5. The molecule has 0 aliphatic heterocycles. The molecule has 1 aromatic heterocycles. The van der Waals surface area contributed by atoms with Gasteiger partial charge in [0.25, 0.3) is 0 Å². The fraction of sp³-hybridized carbons (Fsp3) is 0.278. The smallest absolute Gasteiger partial charge is 0.225 e. The van der Waals surface area contributed by atoms with Crippen molar-refractivity contribution in [3.63, 3.8) is 0 Å². The predicted octanol–water partition coefficient (Wildman–Crippen LogP) is 2.09. The molecule has 0 saturated carbocycles. The molecule has 1 N–H and O–H groups in total. The second kappa shape index (κ2) is 7.07. The number of rotatable bonds is 5. The molecule has 1 atom stereocenters. The van der Waals surface area contributed by atoms with Crippen molar-refractivity contribution >= 4 is 12.2 Å². The maximum atomic E-state index is 5.58. The number of aromatic nitrogens is 4. The summed E-state index contributed by atoms with van der Waals surface area (Å²) in [5.41, 5.74) is 4.68. The first-order valence-corrected chi connectivity index (χ1v) is 8.41. The van der Waals surface area contributed by atoms with Gasteiger partial charge in [-0.05, 0) is 53.7 Å².